The van der Waals surface area contributed by atoms with Crippen LogP contribution in [0.25, 0.3) is 5.65 Å². The summed E-state index contributed by atoms with van der Waals surface area (Å²) in [6.07, 6.45) is 3.10. The Morgan fingerprint density at radius 3 is 2.88 bits per heavy atom. The summed E-state index contributed by atoms with van der Waals surface area (Å²) in [5, 5.41) is 2.93. The number of ether oxygens (including phenoxy) is 1. The SMILES string of the molecule is COc1cccc(CCC(=O)NCc2cn3c(C)cccc3n2)c1. The van der Waals surface area contributed by atoms with Crippen molar-refractivity contribution in [1.82, 2.24) is 14.7 Å². The van der Waals surface area contributed by atoms with Crippen LogP contribution in [0.3, 0.4) is 0 Å². The molecule has 0 aliphatic heterocycles. The second kappa shape index (κ2) is 7.17. The summed E-state index contributed by atoms with van der Waals surface area (Å²) < 4.78 is 7.22. The number of amides is 1. The van der Waals surface area contributed by atoms with Gasteiger partial charge in [0.15, 0.2) is 0 Å². The van der Waals surface area contributed by atoms with Gasteiger partial charge in [-0.3, -0.25) is 4.79 Å². The lowest BCUT2D eigenvalue weighted by Crippen LogP contribution is -2.23. The summed E-state index contributed by atoms with van der Waals surface area (Å²) >= 11 is 0. The number of hydrogen-bond donors (Lipinski definition) is 1. The maximum atomic E-state index is 12.0. The number of carbonyl (C=O) groups excluding carboxylic acids is 1. The van der Waals surface area contributed by atoms with E-state index in [0.717, 1.165) is 28.3 Å². The second-order valence-electron chi connectivity index (χ2n) is 5.76. The van der Waals surface area contributed by atoms with Crippen molar-refractivity contribution in [3.8, 4) is 5.75 Å². The van der Waals surface area contributed by atoms with Gasteiger partial charge < -0.3 is 14.5 Å². The van der Waals surface area contributed by atoms with Gasteiger partial charge in [0, 0.05) is 18.3 Å². The highest BCUT2D eigenvalue weighted by Gasteiger charge is 2.06. The molecule has 1 aromatic carbocycles. The zero-order valence-corrected chi connectivity index (χ0v) is 14.0. The minimum Gasteiger partial charge on any atom is -0.497 e. The Hall–Kier alpha value is -2.82. The lowest BCUT2D eigenvalue weighted by atomic mass is 10.1. The largest absolute Gasteiger partial charge is 0.497 e. The van der Waals surface area contributed by atoms with Crippen LogP contribution in [0.2, 0.25) is 0 Å². The molecule has 0 bridgehead atoms. The molecule has 3 aromatic rings. The monoisotopic (exact) mass is 323 g/mol. The van der Waals surface area contributed by atoms with Gasteiger partial charge in [-0.25, -0.2) is 4.98 Å². The molecule has 0 atom stereocenters. The Morgan fingerprint density at radius 2 is 2.08 bits per heavy atom. The average molecular weight is 323 g/mol. The summed E-state index contributed by atoms with van der Waals surface area (Å²) in [4.78, 5) is 16.6. The number of fused-ring (bicyclic) bond motifs is 1. The molecule has 2 aromatic heterocycles. The molecule has 0 unspecified atom stereocenters. The first-order valence-electron chi connectivity index (χ1n) is 7.99. The van der Waals surface area contributed by atoms with Gasteiger partial charge in [0.2, 0.25) is 5.91 Å². The predicted octanol–water partition coefficient (Wildman–Crippen LogP) is 2.90. The second-order valence-corrected chi connectivity index (χ2v) is 5.76. The van der Waals surface area contributed by atoms with Crippen molar-refractivity contribution < 1.29 is 9.53 Å². The minimum atomic E-state index is 0.0200. The number of aromatic nitrogens is 2. The van der Waals surface area contributed by atoms with Crippen LogP contribution < -0.4 is 10.1 Å². The van der Waals surface area contributed by atoms with E-state index >= 15 is 0 Å². The van der Waals surface area contributed by atoms with Crippen LogP contribution >= 0.6 is 0 Å². The van der Waals surface area contributed by atoms with Crippen molar-refractivity contribution in [2.45, 2.75) is 26.3 Å². The topological polar surface area (TPSA) is 55.6 Å². The molecule has 0 aliphatic rings. The third-order valence-corrected chi connectivity index (χ3v) is 3.99. The highest BCUT2D eigenvalue weighted by atomic mass is 16.5. The molecule has 0 radical (unpaired) electrons. The average Bonchev–Trinajstić information content (AvgIpc) is 3.03. The molecular weight excluding hydrogens is 302 g/mol. The molecule has 1 N–H and O–H groups in total. The van der Waals surface area contributed by atoms with Crippen LogP contribution in [0.5, 0.6) is 5.75 Å². The maximum Gasteiger partial charge on any atom is 0.220 e. The number of hydrogen-bond acceptors (Lipinski definition) is 3. The number of carbonyl (C=O) groups is 1. The van der Waals surface area contributed by atoms with E-state index < -0.39 is 0 Å². The van der Waals surface area contributed by atoms with E-state index in [1.54, 1.807) is 7.11 Å². The van der Waals surface area contributed by atoms with Gasteiger partial charge in [0.25, 0.3) is 0 Å². The van der Waals surface area contributed by atoms with Crippen molar-refractivity contribution >= 4 is 11.6 Å². The number of aryl methyl sites for hydroxylation is 2. The minimum absolute atomic E-state index is 0.0200. The van der Waals surface area contributed by atoms with E-state index in [4.69, 9.17) is 4.74 Å². The lowest BCUT2D eigenvalue weighted by molar-refractivity contribution is -0.121. The summed E-state index contributed by atoms with van der Waals surface area (Å²) in [7, 11) is 1.64. The van der Waals surface area contributed by atoms with Crippen molar-refractivity contribution in [1.29, 1.82) is 0 Å². The zero-order chi connectivity index (χ0) is 16.9. The molecule has 0 saturated heterocycles. The molecule has 5 nitrogen and oxygen atoms in total. The molecule has 0 saturated carbocycles. The molecule has 0 fully saturated rings. The molecule has 24 heavy (non-hydrogen) atoms. The number of pyridine rings is 1. The van der Waals surface area contributed by atoms with Crippen molar-refractivity contribution in [3.63, 3.8) is 0 Å². The third kappa shape index (κ3) is 3.74. The smallest absolute Gasteiger partial charge is 0.220 e. The highest BCUT2D eigenvalue weighted by Crippen LogP contribution is 2.14. The quantitative estimate of drug-likeness (QED) is 0.759. The number of benzene rings is 1. The fourth-order valence-electron chi connectivity index (χ4n) is 2.65. The zero-order valence-electron chi connectivity index (χ0n) is 14.0. The number of nitrogens with one attached hydrogen (secondary N) is 1. The Bertz CT molecular complexity index is 855. The Kier molecular flexibility index (Phi) is 4.79. The van der Waals surface area contributed by atoms with Gasteiger partial charge in [-0.1, -0.05) is 18.2 Å². The molecule has 1 amide bonds. The fraction of sp³-hybridized carbons (Fsp3) is 0.263. The first-order valence-corrected chi connectivity index (χ1v) is 7.99. The van der Waals surface area contributed by atoms with E-state index in [0.29, 0.717) is 19.4 Å². The van der Waals surface area contributed by atoms with Crippen LogP contribution in [0, 0.1) is 6.92 Å². The molecule has 0 aliphatic carbocycles. The van der Waals surface area contributed by atoms with Crippen molar-refractivity contribution in [2.75, 3.05) is 7.11 Å². The van der Waals surface area contributed by atoms with Crippen LogP contribution in [0.1, 0.15) is 23.4 Å². The van der Waals surface area contributed by atoms with E-state index in [2.05, 4.69) is 10.3 Å². The van der Waals surface area contributed by atoms with Gasteiger partial charge in [-0.2, -0.15) is 0 Å². The van der Waals surface area contributed by atoms with Gasteiger partial charge in [0.1, 0.15) is 11.4 Å². The fourth-order valence-corrected chi connectivity index (χ4v) is 2.65. The van der Waals surface area contributed by atoms with Crippen LogP contribution in [-0.2, 0) is 17.8 Å². The number of methoxy groups -OCH3 is 1. The van der Waals surface area contributed by atoms with Gasteiger partial charge in [0.05, 0.1) is 19.3 Å². The van der Waals surface area contributed by atoms with Gasteiger partial charge in [-0.15, -0.1) is 0 Å². The molecular formula is C19H21N3O2. The summed E-state index contributed by atoms with van der Waals surface area (Å²) in [6.45, 7) is 2.48. The van der Waals surface area contributed by atoms with E-state index in [1.165, 1.54) is 0 Å². The van der Waals surface area contributed by atoms with Gasteiger partial charge in [-0.05, 0) is 43.2 Å². The third-order valence-electron chi connectivity index (χ3n) is 3.99. The lowest BCUT2D eigenvalue weighted by Gasteiger charge is -2.05. The number of rotatable bonds is 6. The van der Waals surface area contributed by atoms with Crippen molar-refractivity contribution in [3.05, 3.63) is 65.6 Å². The van der Waals surface area contributed by atoms with Crippen LogP contribution in [0.4, 0.5) is 0 Å². The Balaban J connectivity index is 1.54. The van der Waals surface area contributed by atoms with E-state index in [-0.39, 0.29) is 5.91 Å². The molecule has 2 heterocycles. The Labute approximate surface area is 141 Å². The number of imidazole rings is 1. The molecule has 124 valence electrons. The Morgan fingerprint density at radius 1 is 1.25 bits per heavy atom. The predicted molar refractivity (Wildman–Crippen MR) is 93.1 cm³/mol. The standard InChI is InChI=1S/C19H21N3O2/c1-14-5-3-8-18-21-16(13-22(14)18)12-20-19(23)10-9-15-6-4-7-17(11-15)24-2/h3-8,11,13H,9-10,12H2,1-2H3,(H,20,23). The maximum absolute atomic E-state index is 12.0. The van der Waals surface area contributed by atoms with E-state index in [9.17, 15) is 4.79 Å². The van der Waals surface area contributed by atoms with Crippen LogP contribution in [0.15, 0.2) is 48.7 Å². The molecule has 5 heteroatoms. The van der Waals surface area contributed by atoms with Crippen LogP contribution in [-0.4, -0.2) is 22.4 Å². The first-order chi connectivity index (χ1) is 11.7. The molecule has 0 spiro atoms. The normalized spacial score (nSPS) is 10.8. The first kappa shape index (κ1) is 16.1. The summed E-state index contributed by atoms with van der Waals surface area (Å²) in [5.74, 6) is 0.833. The number of nitrogens with zero attached hydrogens (tertiary/aromatic N) is 2. The highest BCUT2D eigenvalue weighted by molar-refractivity contribution is 5.76. The van der Waals surface area contributed by atoms with E-state index in [1.807, 2.05) is 60.0 Å². The summed E-state index contributed by atoms with van der Waals surface area (Å²) in [6, 6.07) is 13.8. The molecule has 3 rings (SSSR count). The van der Waals surface area contributed by atoms with Crippen molar-refractivity contribution in [2.24, 2.45) is 0 Å². The summed E-state index contributed by atoms with van der Waals surface area (Å²) in [5.41, 5.74) is 3.97. The van der Waals surface area contributed by atoms with Gasteiger partial charge >= 0.3 is 0 Å².